The van der Waals surface area contributed by atoms with E-state index in [0.29, 0.717) is 6.54 Å². The highest BCUT2D eigenvalue weighted by Gasteiger charge is 2.13. The third-order valence-electron chi connectivity index (χ3n) is 3.63. The number of thiophene rings is 1. The number of nitrogens with zero attached hydrogens (tertiary/aromatic N) is 1. The fraction of sp³-hybridized carbons (Fsp3) is 0.176. The molecule has 2 aromatic carbocycles. The van der Waals surface area contributed by atoms with E-state index < -0.39 is 0 Å². The Kier molecular flexibility index (Phi) is 3.90. The van der Waals surface area contributed by atoms with Crippen molar-refractivity contribution >= 4 is 27.1 Å². The highest BCUT2D eigenvalue weighted by atomic mass is 32.1. The fourth-order valence-electron chi connectivity index (χ4n) is 2.51. The van der Waals surface area contributed by atoms with Gasteiger partial charge in [0, 0.05) is 35.4 Å². The largest absolute Gasteiger partial charge is 0.370 e. The van der Waals surface area contributed by atoms with Crippen LogP contribution in [0.3, 0.4) is 0 Å². The quantitative estimate of drug-likeness (QED) is 0.785. The van der Waals surface area contributed by atoms with Gasteiger partial charge in [-0.3, -0.25) is 0 Å². The maximum atomic E-state index is 13.0. The number of anilines is 1. The molecule has 0 unspecified atom stereocenters. The van der Waals surface area contributed by atoms with Gasteiger partial charge in [0.15, 0.2) is 0 Å². The molecule has 2 N–H and O–H groups in total. The number of fused-ring (bicyclic) bond motifs is 1. The molecule has 0 amide bonds. The van der Waals surface area contributed by atoms with Gasteiger partial charge in [0.2, 0.25) is 0 Å². The maximum absolute atomic E-state index is 13.0. The van der Waals surface area contributed by atoms with E-state index in [4.69, 9.17) is 5.73 Å². The van der Waals surface area contributed by atoms with Crippen LogP contribution in [-0.2, 0) is 13.1 Å². The molecule has 2 nitrogen and oxygen atoms in total. The molecule has 0 atom stereocenters. The molecule has 0 aliphatic heterocycles. The van der Waals surface area contributed by atoms with E-state index in [1.54, 1.807) is 23.5 Å². The maximum Gasteiger partial charge on any atom is 0.123 e. The Bertz CT molecular complexity index is 749. The second-order valence-electron chi connectivity index (χ2n) is 5.04. The molecule has 0 aliphatic carbocycles. The van der Waals surface area contributed by atoms with Crippen molar-refractivity contribution in [2.24, 2.45) is 5.73 Å². The summed E-state index contributed by atoms with van der Waals surface area (Å²) in [5, 5.41) is 1.26. The summed E-state index contributed by atoms with van der Waals surface area (Å²) >= 11 is 1.75. The molecular formula is C17H17FN2S. The van der Waals surface area contributed by atoms with Crippen LogP contribution < -0.4 is 10.6 Å². The van der Waals surface area contributed by atoms with E-state index in [1.807, 2.05) is 13.1 Å². The van der Waals surface area contributed by atoms with Gasteiger partial charge in [-0.1, -0.05) is 18.2 Å². The lowest BCUT2D eigenvalue weighted by Crippen LogP contribution is -2.17. The molecular weight excluding hydrogens is 283 g/mol. The standard InChI is InChI=1S/C17H17FN2S/c1-20(13-8-6-12(18)7-9-13)11-15-14-4-2-3-5-16(14)21-17(15)10-19/h2-9H,10-11,19H2,1H3. The number of hydrogen-bond donors (Lipinski definition) is 1. The molecule has 0 aliphatic rings. The first-order valence-corrected chi connectivity index (χ1v) is 7.66. The Morgan fingerprint density at radius 3 is 2.52 bits per heavy atom. The number of rotatable bonds is 4. The van der Waals surface area contributed by atoms with E-state index in [0.717, 1.165) is 12.2 Å². The first-order valence-electron chi connectivity index (χ1n) is 6.85. The lowest BCUT2D eigenvalue weighted by molar-refractivity contribution is 0.627. The van der Waals surface area contributed by atoms with E-state index in [-0.39, 0.29) is 5.82 Å². The normalized spacial score (nSPS) is 11.0. The average Bonchev–Trinajstić information content (AvgIpc) is 2.86. The van der Waals surface area contributed by atoms with Crippen LogP contribution in [-0.4, -0.2) is 7.05 Å². The predicted molar refractivity (Wildman–Crippen MR) is 88.2 cm³/mol. The zero-order chi connectivity index (χ0) is 14.8. The van der Waals surface area contributed by atoms with Gasteiger partial charge in [-0.05, 0) is 41.3 Å². The van der Waals surface area contributed by atoms with E-state index in [2.05, 4.69) is 23.1 Å². The second-order valence-corrected chi connectivity index (χ2v) is 6.17. The number of hydrogen-bond acceptors (Lipinski definition) is 3. The van der Waals surface area contributed by atoms with Crippen molar-refractivity contribution in [1.29, 1.82) is 0 Å². The van der Waals surface area contributed by atoms with Crippen LogP contribution >= 0.6 is 11.3 Å². The second kappa shape index (κ2) is 5.84. The van der Waals surface area contributed by atoms with Crippen LogP contribution in [0, 0.1) is 5.82 Å². The number of halogens is 1. The van der Waals surface area contributed by atoms with Gasteiger partial charge in [0.25, 0.3) is 0 Å². The summed E-state index contributed by atoms with van der Waals surface area (Å²) in [6.07, 6.45) is 0. The molecule has 1 aromatic heterocycles. The lowest BCUT2D eigenvalue weighted by Gasteiger charge is -2.20. The van der Waals surface area contributed by atoms with Crippen LogP contribution in [0.5, 0.6) is 0 Å². The van der Waals surface area contributed by atoms with Crippen LogP contribution in [0.15, 0.2) is 48.5 Å². The van der Waals surface area contributed by atoms with E-state index in [9.17, 15) is 4.39 Å². The molecule has 0 spiro atoms. The smallest absolute Gasteiger partial charge is 0.123 e. The first-order chi connectivity index (χ1) is 10.2. The Morgan fingerprint density at radius 1 is 1.10 bits per heavy atom. The Balaban J connectivity index is 1.95. The molecule has 3 aromatic rings. The van der Waals surface area contributed by atoms with Gasteiger partial charge in [-0.25, -0.2) is 4.39 Å². The number of nitrogens with two attached hydrogens (primary N) is 1. The summed E-state index contributed by atoms with van der Waals surface area (Å²) in [5.41, 5.74) is 8.15. The monoisotopic (exact) mass is 300 g/mol. The highest BCUT2D eigenvalue weighted by molar-refractivity contribution is 7.19. The molecule has 4 heteroatoms. The molecule has 0 saturated heterocycles. The van der Waals surface area contributed by atoms with Gasteiger partial charge < -0.3 is 10.6 Å². The third-order valence-corrected chi connectivity index (χ3v) is 4.87. The van der Waals surface area contributed by atoms with Crippen molar-refractivity contribution < 1.29 is 4.39 Å². The summed E-state index contributed by atoms with van der Waals surface area (Å²) in [4.78, 5) is 3.33. The summed E-state index contributed by atoms with van der Waals surface area (Å²) in [6, 6.07) is 14.9. The minimum atomic E-state index is -0.212. The highest BCUT2D eigenvalue weighted by Crippen LogP contribution is 2.32. The van der Waals surface area contributed by atoms with Crippen molar-refractivity contribution in [2.75, 3.05) is 11.9 Å². The number of benzene rings is 2. The van der Waals surface area contributed by atoms with Crippen LogP contribution in [0.1, 0.15) is 10.4 Å². The van der Waals surface area contributed by atoms with Gasteiger partial charge in [-0.2, -0.15) is 0 Å². The predicted octanol–water partition coefficient (Wildman–Crippen LogP) is 4.14. The molecule has 1 heterocycles. The van der Waals surface area contributed by atoms with Crippen molar-refractivity contribution in [3.63, 3.8) is 0 Å². The fourth-order valence-corrected chi connectivity index (χ4v) is 3.61. The van der Waals surface area contributed by atoms with E-state index in [1.165, 1.54) is 32.7 Å². The molecule has 0 fully saturated rings. The molecule has 21 heavy (non-hydrogen) atoms. The van der Waals surface area contributed by atoms with Crippen molar-refractivity contribution in [3.8, 4) is 0 Å². The molecule has 3 rings (SSSR count). The minimum Gasteiger partial charge on any atom is -0.370 e. The van der Waals surface area contributed by atoms with E-state index >= 15 is 0 Å². The van der Waals surface area contributed by atoms with Crippen molar-refractivity contribution in [2.45, 2.75) is 13.1 Å². The van der Waals surface area contributed by atoms with Gasteiger partial charge in [0.1, 0.15) is 5.82 Å². The van der Waals surface area contributed by atoms with Gasteiger partial charge in [0.05, 0.1) is 0 Å². The Labute approximate surface area is 127 Å². The Morgan fingerprint density at radius 2 is 1.81 bits per heavy atom. The first kappa shape index (κ1) is 14.0. The zero-order valence-corrected chi connectivity index (χ0v) is 12.7. The van der Waals surface area contributed by atoms with Gasteiger partial charge >= 0.3 is 0 Å². The summed E-state index contributed by atoms with van der Waals surface area (Å²) in [6.45, 7) is 1.31. The van der Waals surface area contributed by atoms with Crippen LogP contribution in [0.4, 0.5) is 10.1 Å². The zero-order valence-electron chi connectivity index (χ0n) is 11.8. The summed E-state index contributed by atoms with van der Waals surface area (Å²) in [5.74, 6) is -0.212. The molecule has 0 saturated carbocycles. The Hall–Kier alpha value is -1.91. The molecule has 108 valence electrons. The molecule has 0 bridgehead atoms. The van der Waals surface area contributed by atoms with Crippen molar-refractivity contribution in [1.82, 2.24) is 0 Å². The van der Waals surface area contributed by atoms with Gasteiger partial charge in [-0.15, -0.1) is 11.3 Å². The van der Waals surface area contributed by atoms with Crippen molar-refractivity contribution in [3.05, 3.63) is 64.8 Å². The third kappa shape index (κ3) is 2.77. The molecule has 0 radical (unpaired) electrons. The average molecular weight is 300 g/mol. The van der Waals surface area contributed by atoms with Crippen LogP contribution in [0.2, 0.25) is 0 Å². The summed E-state index contributed by atoms with van der Waals surface area (Å²) in [7, 11) is 2.01. The SMILES string of the molecule is CN(Cc1c(CN)sc2ccccc12)c1ccc(F)cc1. The minimum absolute atomic E-state index is 0.212. The van der Waals surface area contributed by atoms with Crippen LogP contribution in [0.25, 0.3) is 10.1 Å². The topological polar surface area (TPSA) is 29.3 Å². The summed E-state index contributed by atoms with van der Waals surface area (Å²) < 4.78 is 14.3. The lowest BCUT2D eigenvalue weighted by atomic mass is 10.1.